The molecule has 2 aliphatic rings. The first-order valence-corrected chi connectivity index (χ1v) is 8.15. The Balaban J connectivity index is 1.62. The molecule has 4 rings (SSSR count). The van der Waals surface area contributed by atoms with E-state index in [-0.39, 0.29) is 0 Å². The third-order valence-corrected chi connectivity index (χ3v) is 5.57. The number of hydrogen-bond acceptors (Lipinski definition) is 3. The summed E-state index contributed by atoms with van der Waals surface area (Å²) in [5, 5.41) is 1.23. The highest BCUT2D eigenvalue weighted by Gasteiger charge is 2.37. The van der Waals surface area contributed by atoms with E-state index in [0.29, 0.717) is 5.41 Å². The van der Waals surface area contributed by atoms with E-state index in [0.717, 1.165) is 11.2 Å². The monoisotopic (exact) mass is 281 g/mol. The van der Waals surface area contributed by atoms with Crippen molar-refractivity contribution in [2.75, 3.05) is 23.7 Å². The molecule has 0 unspecified atom stereocenters. The zero-order chi connectivity index (χ0) is 14.3. The number of piperidine rings is 1. The summed E-state index contributed by atoms with van der Waals surface area (Å²) in [7, 11) is 0. The lowest BCUT2D eigenvalue weighted by atomic mass is 9.77. The van der Waals surface area contributed by atoms with Gasteiger partial charge in [-0.2, -0.15) is 0 Å². The Kier molecular flexibility index (Phi) is 3.02. The van der Waals surface area contributed by atoms with Crippen LogP contribution < -0.4 is 10.6 Å². The first-order valence-electron chi connectivity index (χ1n) is 8.15. The van der Waals surface area contributed by atoms with Crippen molar-refractivity contribution in [2.24, 2.45) is 5.41 Å². The Morgan fingerprint density at radius 1 is 1.00 bits per heavy atom. The van der Waals surface area contributed by atoms with Crippen molar-refractivity contribution < 1.29 is 0 Å². The molecule has 0 atom stereocenters. The van der Waals surface area contributed by atoms with Gasteiger partial charge < -0.3 is 10.6 Å². The molecule has 1 saturated heterocycles. The molecule has 1 saturated carbocycles. The van der Waals surface area contributed by atoms with Gasteiger partial charge in [-0.1, -0.05) is 12.8 Å². The van der Waals surface area contributed by atoms with E-state index in [2.05, 4.69) is 22.0 Å². The van der Waals surface area contributed by atoms with E-state index in [9.17, 15) is 0 Å². The summed E-state index contributed by atoms with van der Waals surface area (Å²) in [4.78, 5) is 7.01. The third-order valence-electron chi connectivity index (χ3n) is 5.57. The number of nitrogens with zero attached hydrogens (tertiary/aromatic N) is 2. The minimum Gasteiger partial charge on any atom is -0.399 e. The maximum atomic E-state index is 5.88. The molecule has 1 spiro atoms. The lowest BCUT2D eigenvalue weighted by Crippen LogP contribution is -2.38. The average Bonchev–Trinajstić information content (AvgIpc) is 2.95. The van der Waals surface area contributed by atoms with E-state index in [1.807, 2.05) is 18.3 Å². The van der Waals surface area contributed by atoms with Gasteiger partial charge in [-0.15, -0.1) is 0 Å². The molecule has 1 aromatic carbocycles. The highest BCUT2D eigenvalue weighted by Crippen LogP contribution is 2.47. The largest absolute Gasteiger partial charge is 0.399 e. The number of fused-ring (bicyclic) bond motifs is 1. The minimum atomic E-state index is 0.670. The molecule has 3 heteroatoms. The predicted molar refractivity (Wildman–Crippen MR) is 88.5 cm³/mol. The number of hydrogen-bond donors (Lipinski definition) is 1. The molecule has 0 radical (unpaired) electrons. The number of anilines is 2. The van der Waals surface area contributed by atoms with Gasteiger partial charge in [-0.3, -0.25) is 4.98 Å². The van der Waals surface area contributed by atoms with Crippen molar-refractivity contribution in [1.82, 2.24) is 4.98 Å². The van der Waals surface area contributed by atoms with Gasteiger partial charge in [0.2, 0.25) is 0 Å². The molecule has 110 valence electrons. The second-order valence-corrected chi connectivity index (χ2v) is 6.80. The lowest BCUT2D eigenvalue weighted by Gasteiger charge is -2.40. The molecule has 2 fully saturated rings. The molecule has 0 bridgehead atoms. The molecule has 1 aliphatic heterocycles. The third kappa shape index (κ3) is 2.25. The fourth-order valence-electron chi connectivity index (χ4n) is 4.27. The maximum absolute atomic E-state index is 5.88. The summed E-state index contributed by atoms with van der Waals surface area (Å²) in [5.74, 6) is 0. The van der Waals surface area contributed by atoms with Crippen molar-refractivity contribution in [1.29, 1.82) is 0 Å². The van der Waals surface area contributed by atoms with Crippen LogP contribution >= 0.6 is 0 Å². The SMILES string of the molecule is Nc1ccc2c(N3CCC4(CCCC4)CC3)ccnc2c1. The number of benzene rings is 1. The molecular formula is C18H23N3. The van der Waals surface area contributed by atoms with Crippen LogP contribution in [0.25, 0.3) is 10.9 Å². The summed E-state index contributed by atoms with van der Waals surface area (Å²) >= 11 is 0. The van der Waals surface area contributed by atoms with Gasteiger partial charge >= 0.3 is 0 Å². The number of nitrogens with two attached hydrogens (primary N) is 1. The topological polar surface area (TPSA) is 42.1 Å². The molecule has 1 aliphatic carbocycles. The minimum absolute atomic E-state index is 0.670. The Labute approximate surface area is 126 Å². The molecule has 3 nitrogen and oxygen atoms in total. The van der Waals surface area contributed by atoms with Crippen LogP contribution in [0.15, 0.2) is 30.5 Å². The maximum Gasteiger partial charge on any atom is 0.0743 e. The van der Waals surface area contributed by atoms with Crippen LogP contribution in [0.1, 0.15) is 38.5 Å². The van der Waals surface area contributed by atoms with Gasteiger partial charge in [0.1, 0.15) is 0 Å². The predicted octanol–water partition coefficient (Wildman–Crippen LogP) is 3.98. The Morgan fingerprint density at radius 2 is 1.76 bits per heavy atom. The summed E-state index contributed by atoms with van der Waals surface area (Å²) < 4.78 is 0. The van der Waals surface area contributed by atoms with Gasteiger partial charge in [0.25, 0.3) is 0 Å². The van der Waals surface area contributed by atoms with Crippen molar-refractivity contribution in [2.45, 2.75) is 38.5 Å². The van der Waals surface area contributed by atoms with Crippen molar-refractivity contribution in [3.05, 3.63) is 30.5 Å². The molecule has 2 N–H and O–H groups in total. The van der Waals surface area contributed by atoms with E-state index < -0.39 is 0 Å². The number of nitrogen functional groups attached to an aromatic ring is 1. The summed E-state index contributed by atoms with van der Waals surface area (Å²) in [6, 6.07) is 8.23. The van der Waals surface area contributed by atoms with E-state index in [1.165, 1.54) is 62.7 Å². The smallest absolute Gasteiger partial charge is 0.0743 e. The highest BCUT2D eigenvalue weighted by molar-refractivity contribution is 5.93. The molecule has 21 heavy (non-hydrogen) atoms. The van der Waals surface area contributed by atoms with Crippen molar-refractivity contribution in [3.8, 4) is 0 Å². The van der Waals surface area contributed by atoms with Crippen LogP contribution in [0, 0.1) is 5.41 Å². The van der Waals surface area contributed by atoms with Crippen LogP contribution in [-0.2, 0) is 0 Å². The molecule has 2 aromatic rings. The molecule has 2 heterocycles. The van der Waals surface area contributed by atoms with Crippen LogP contribution in [0.5, 0.6) is 0 Å². The van der Waals surface area contributed by atoms with Crippen LogP contribution in [-0.4, -0.2) is 18.1 Å². The molecular weight excluding hydrogens is 258 g/mol. The Morgan fingerprint density at radius 3 is 2.52 bits per heavy atom. The highest BCUT2D eigenvalue weighted by atomic mass is 15.1. The Hall–Kier alpha value is -1.77. The van der Waals surface area contributed by atoms with Crippen molar-refractivity contribution >= 4 is 22.3 Å². The van der Waals surface area contributed by atoms with Gasteiger partial charge in [0, 0.05) is 36.0 Å². The second-order valence-electron chi connectivity index (χ2n) is 6.80. The van der Waals surface area contributed by atoms with Crippen LogP contribution in [0.4, 0.5) is 11.4 Å². The van der Waals surface area contributed by atoms with E-state index in [1.54, 1.807) is 0 Å². The zero-order valence-corrected chi connectivity index (χ0v) is 12.5. The summed E-state index contributed by atoms with van der Waals surface area (Å²) in [5.41, 5.74) is 9.67. The van der Waals surface area contributed by atoms with Gasteiger partial charge in [-0.25, -0.2) is 0 Å². The van der Waals surface area contributed by atoms with E-state index >= 15 is 0 Å². The van der Waals surface area contributed by atoms with Gasteiger partial charge in [0.15, 0.2) is 0 Å². The van der Waals surface area contributed by atoms with Crippen LogP contribution in [0.3, 0.4) is 0 Å². The fourth-order valence-corrected chi connectivity index (χ4v) is 4.27. The first kappa shape index (κ1) is 12.9. The standard InChI is InChI=1S/C18H23N3/c19-14-3-4-15-16(13-14)20-10-5-17(15)21-11-8-18(9-12-21)6-1-2-7-18/h3-5,10,13H,1-2,6-9,11-12,19H2. The quantitative estimate of drug-likeness (QED) is 0.804. The van der Waals surface area contributed by atoms with Gasteiger partial charge in [0.05, 0.1) is 5.52 Å². The molecule has 1 aromatic heterocycles. The van der Waals surface area contributed by atoms with Gasteiger partial charge in [-0.05, 0) is 55.4 Å². The normalized spacial score (nSPS) is 21.2. The van der Waals surface area contributed by atoms with Crippen LogP contribution in [0.2, 0.25) is 0 Å². The average molecular weight is 281 g/mol. The number of rotatable bonds is 1. The molecule has 0 amide bonds. The lowest BCUT2D eigenvalue weighted by molar-refractivity contribution is 0.227. The number of pyridine rings is 1. The first-order chi connectivity index (χ1) is 10.3. The zero-order valence-electron chi connectivity index (χ0n) is 12.5. The van der Waals surface area contributed by atoms with E-state index in [4.69, 9.17) is 5.73 Å². The number of aromatic nitrogens is 1. The summed E-state index contributed by atoms with van der Waals surface area (Å²) in [6.45, 7) is 2.37. The summed E-state index contributed by atoms with van der Waals surface area (Å²) in [6.07, 6.45) is 10.4. The second kappa shape index (κ2) is 4.90. The Bertz CT molecular complexity index is 649. The fraction of sp³-hybridized carbons (Fsp3) is 0.500. The van der Waals surface area contributed by atoms with Crippen molar-refractivity contribution in [3.63, 3.8) is 0 Å².